The topological polar surface area (TPSA) is 80.0 Å². The summed E-state index contributed by atoms with van der Waals surface area (Å²) in [6.07, 6.45) is 0. The first-order valence-corrected chi connectivity index (χ1v) is 6.23. The van der Waals surface area contributed by atoms with E-state index in [4.69, 9.17) is 11.5 Å². The van der Waals surface area contributed by atoms with E-state index in [0.717, 1.165) is 5.69 Å². The molecule has 0 aromatic heterocycles. The van der Waals surface area contributed by atoms with E-state index in [1.807, 2.05) is 43.0 Å². The third-order valence-electron chi connectivity index (χ3n) is 2.48. The predicted molar refractivity (Wildman–Crippen MR) is 79.0 cm³/mol. The van der Waals surface area contributed by atoms with Crippen LogP contribution in [-0.4, -0.2) is 17.6 Å². The van der Waals surface area contributed by atoms with Gasteiger partial charge in [-0.1, -0.05) is 0 Å². The minimum Gasteiger partial charge on any atom is -0.369 e. The molecule has 17 heavy (non-hydrogen) atoms. The summed E-state index contributed by atoms with van der Waals surface area (Å²) >= 11 is 2.26. The van der Waals surface area contributed by atoms with E-state index in [-0.39, 0.29) is 5.96 Å². The van der Waals surface area contributed by atoms with Gasteiger partial charge >= 0.3 is 0 Å². The molecule has 1 aliphatic rings. The lowest BCUT2D eigenvalue weighted by atomic mass is 10.1. The van der Waals surface area contributed by atoms with Gasteiger partial charge in [-0.15, -0.1) is 0 Å². The highest BCUT2D eigenvalue weighted by atomic mass is 127. The number of nitrogens with zero attached hydrogens (tertiary/aromatic N) is 3. The smallest absolute Gasteiger partial charge is 0.220 e. The van der Waals surface area contributed by atoms with Crippen molar-refractivity contribution >= 4 is 40.2 Å². The van der Waals surface area contributed by atoms with Gasteiger partial charge in [-0.25, -0.2) is 4.99 Å². The molecule has 0 amide bonds. The van der Waals surface area contributed by atoms with Crippen molar-refractivity contribution in [1.29, 1.82) is 0 Å². The molecule has 2 rings (SSSR count). The normalized spacial score (nSPS) is 18.6. The van der Waals surface area contributed by atoms with Crippen LogP contribution in [0.1, 0.15) is 13.8 Å². The summed E-state index contributed by atoms with van der Waals surface area (Å²) in [4.78, 5) is 10.2. The van der Waals surface area contributed by atoms with Gasteiger partial charge in [0.1, 0.15) is 5.66 Å². The molecule has 0 atom stereocenters. The Kier molecular flexibility index (Phi) is 2.98. The van der Waals surface area contributed by atoms with E-state index in [1.54, 1.807) is 0 Å². The van der Waals surface area contributed by atoms with Crippen LogP contribution in [0.4, 0.5) is 5.69 Å². The molecule has 5 nitrogen and oxygen atoms in total. The summed E-state index contributed by atoms with van der Waals surface area (Å²) < 4.78 is 1.17. The van der Waals surface area contributed by atoms with Gasteiger partial charge in [0.05, 0.1) is 0 Å². The molecule has 6 heteroatoms. The Bertz CT molecular complexity index is 489. The van der Waals surface area contributed by atoms with Crippen molar-refractivity contribution in [2.75, 3.05) is 4.90 Å². The zero-order chi connectivity index (χ0) is 12.6. The van der Waals surface area contributed by atoms with Gasteiger partial charge < -0.3 is 11.5 Å². The van der Waals surface area contributed by atoms with Crippen molar-refractivity contribution in [3.8, 4) is 0 Å². The summed E-state index contributed by atoms with van der Waals surface area (Å²) in [5.41, 5.74) is 12.0. The summed E-state index contributed by atoms with van der Waals surface area (Å²) in [5, 5.41) is 0. The van der Waals surface area contributed by atoms with Crippen LogP contribution in [0, 0.1) is 3.57 Å². The fourth-order valence-corrected chi connectivity index (χ4v) is 2.20. The standard InChI is InChI=1S/C11H14IN5/c1-11(2)16-9(13)15-10(14)17(11)8-5-3-7(12)4-6-8/h3-6H,1-2H3,(H4,13,14,15,16). The molecule has 1 heterocycles. The minimum absolute atomic E-state index is 0.217. The van der Waals surface area contributed by atoms with E-state index in [2.05, 4.69) is 32.6 Å². The fraction of sp³-hybridized carbons (Fsp3) is 0.273. The Morgan fingerprint density at radius 2 is 1.76 bits per heavy atom. The predicted octanol–water partition coefficient (Wildman–Crippen LogP) is 1.48. The monoisotopic (exact) mass is 343 g/mol. The molecule has 1 aromatic rings. The van der Waals surface area contributed by atoms with Gasteiger partial charge in [-0.05, 0) is 60.7 Å². The van der Waals surface area contributed by atoms with Crippen molar-refractivity contribution in [2.45, 2.75) is 19.5 Å². The molecule has 0 saturated heterocycles. The largest absolute Gasteiger partial charge is 0.369 e. The van der Waals surface area contributed by atoms with Crippen LogP contribution < -0.4 is 16.4 Å². The molecular formula is C11H14IN5. The molecule has 1 aliphatic heterocycles. The second-order valence-electron chi connectivity index (χ2n) is 4.25. The number of guanidine groups is 2. The van der Waals surface area contributed by atoms with Crippen molar-refractivity contribution in [3.05, 3.63) is 27.8 Å². The molecule has 90 valence electrons. The summed E-state index contributed by atoms with van der Waals surface area (Å²) in [6, 6.07) is 8.01. The van der Waals surface area contributed by atoms with Crippen LogP contribution in [0.15, 0.2) is 34.3 Å². The van der Waals surface area contributed by atoms with Crippen molar-refractivity contribution in [3.63, 3.8) is 0 Å². The highest BCUT2D eigenvalue weighted by Crippen LogP contribution is 2.27. The average molecular weight is 343 g/mol. The van der Waals surface area contributed by atoms with E-state index < -0.39 is 5.66 Å². The first kappa shape index (κ1) is 12.2. The molecule has 0 aliphatic carbocycles. The lowest BCUT2D eigenvalue weighted by Gasteiger charge is -2.38. The third kappa shape index (κ3) is 2.36. The Hall–Kier alpha value is -1.31. The average Bonchev–Trinajstić information content (AvgIpc) is 2.18. The zero-order valence-corrected chi connectivity index (χ0v) is 11.8. The lowest BCUT2D eigenvalue weighted by Crippen LogP contribution is -2.54. The Labute approximate surface area is 114 Å². The van der Waals surface area contributed by atoms with Gasteiger partial charge in [-0.3, -0.25) is 4.90 Å². The summed E-state index contributed by atoms with van der Waals surface area (Å²) in [7, 11) is 0. The van der Waals surface area contributed by atoms with E-state index in [0.29, 0.717) is 5.96 Å². The highest BCUT2D eigenvalue weighted by Gasteiger charge is 2.32. The van der Waals surface area contributed by atoms with Gasteiger partial charge in [0, 0.05) is 9.26 Å². The molecule has 0 unspecified atom stereocenters. The maximum atomic E-state index is 5.93. The van der Waals surface area contributed by atoms with Gasteiger partial charge in [0.15, 0.2) is 0 Å². The summed E-state index contributed by atoms with van der Waals surface area (Å²) in [5.74, 6) is 0.581. The molecule has 0 bridgehead atoms. The minimum atomic E-state index is -0.525. The quantitative estimate of drug-likeness (QED) is 0.758. The van der Waals surface area contributed by atoms with Crippen molar-refractivity contribution in [1.82, 2.24) is 0 Å². The van der Waals surface area contributed by atoms with Crippen molar-refractivity contribution < 1.29 is 0 Å². The van der Waals surface area contributed by atoms with E-state index >= 15 is 0 Å². The highest BCUT2D eigenvalue weighted by molar-refractivity contribution is 14.1. The third-order valence-corrected chi connectivity index (χ3v) is 3.20. The Morgan fingerprint density at radius 1 is 1.18 bits per heavy atom. The van der Waals surface area contributed by atoms with Crippen LogP contribution >= 0.6 is 22.6 Å². The fourth-order valence-electron chi connectivity index (χ4n) is 1.84. The maximum absolute atomic E-state index is 5.93. The number of benzene rings is 1. The number of hydrogen-bond acceptors (Lipinski definition) is 5. The number of nitrogens with two attached hydrogens (primary N) is 2. The van der Waals surface area contributed by atoms with Gasteiger partial charge in [0.25, 0.3) is 0 Å². The SMILES string of the molecule is CC1(C)N=C(N)N=C(N)N1c1ccc(I)cc1. The summed E-state index contributed by atoms with van der Waals surface area (Å²) in [6.45, 7) is 3.89. The Morgan fingerprint density at radius 3 is 2.29 bits per heavy atom. The van der Waals surface area contributed by atoms with E-state index in [9.17, 15) is 0 Å². The first-order valence-electron chi connectivity index (χ1n) is 5.15. The lowest BCUT2D eigenvalue weighted by molar-refractivity contribution is 0.534. The van der Waals surface area contributed by atoms with Gasteiger partial charge in [-0.2, -0.15) is 4.99 Å². The molecular weight excluding hydrogens is 329 g/mol. The van der Waals surface area contributed by atoms with Gasteiger partial charge in [0.2, 0.25) is 11.9 Å². The van der Waals surface area contributed by atoms with Crippen LogP contribution in [0.5, 0.6) is 0 Å². The molecule has 4 N–H and O–H groups in total. The molecule has 0 saturated carbocycles. The molecule has 1 aromatic carbocycles. The molecule has 0 fully saturated rings. The number of aliphatic imine (C=N–C) groups is 2. The maximum Gasteiger partial charge on any atom is 0.220 e. The van der Waals surface area contributed by atoms with Crippen molar-refractivity contribution in [2.24, 2.45) is 21.5 Å². The van der Waals surface area contributed by atoms with Crippen LogP contribution in [-0.2, 0) is 0 Å². The van der Waals surface area contributed by atoms with E-state index in [1.165, 1.54) is 3.57 Å². The van der Waals surface area contributed by atoms with Crippen LogP contribution in [0.3, 0.4) is 0 Å². The first-order chi connectivity index (χ1) is 7.90. The zero-order valence-electron chi connectivity index (χ0n) is 9.68. The van der Waals surface area contributed by atoms with Crippen LogP contribution in [0.2, 0.25) is 0 Å². The Balaban J connectivity index is 2.45. The number of hydrogen-bond donors (Lipinski definition) is 2. The molecule has 0 spiro atoms. The number of rotatable bonds is 1. The number of halogens is 1. The molecule has 0 radical (unpaired) electrons. The number of anilines is 1. The van der Waals surface area contributed by atoms with Crippen LogP contribution in [0.25, 0.3) is 0 Å². The second-order valence-corrected chi connectivity index (χ2v) is 5.49. The second kappa shape index (κ2) is 4.17.